The molecule has 0 atom stereocenters. The number of hydrogen-bond donors (Lipinski definition) is 1. The molecule has 1 N–H and O–H groups in total. The summed E-state index contributed by atoms with van der Waals surface area (Å²) in [5.41, 5.74) is 0.951. The van der Waals surface area contributed by atoms with E-state index in [9.17, 15) is 4.79 Å². The highest BCUT2D eigenvalue weighted by molar-refractivity contribution is 5.88. The van der Waals surface area contributed by atoms with E-state index in [0.717, 1.165) is 19.3 Å². The fourth-order valence-electron chi connectivity index (χ4n) is 1.51. The number of aromatic nitrogens is 3. The van der Waals surface area contributed by atoms with Gasteiger partial charge in [0, 0.05) is 13.2 Å². The molecule has 0 spiro atoms. The third kappa shape index (κ3) is 3.96. The van der Waals surface area contributed by atoms with Crippen LogP contribution in [0.15, 0.2) is 12.7 Å². The summed E-state index contributed by atoms with van der Waals surface area (Å²) in [6.07, 6.45) is 4.10. The highest BCUT2D eigenvalue weighted by atomic mass is 16.5. The van der Waals surface area contributed by atoms with Crippen LogP contribution in [0.2, 0.25) is 0 Å². The van der Waals surface area contributed by atoms with E-state index in [2.05, 4.69) is 16.9 Å². The number of carbonyl (C=O) groups excluding carboxylic acids is 1. The zero-order valence-corrected chi connectivity index (χ0v) is 10.6. The lowest BCUT2D eigenvalue weighted by Crippen LogP contribution is -2.09. The molecule has 6 nitrogen and oxygen atoms in total. The summed E-state index contributed by atoms with van der Waals surface area (Å²) in [4.78, 5) is 11.6. The molecule has 0 bridgehead atoms. The van der Waals surface area contributed by atoms with Crippen molar-refractivity contribution in [2.75, 3.05) is 13.2 Å². The lowest BCUT2D eigenvalue weighted by atomic mass is 10.2. The lowest BCUT2D eigenvalue weighted by molar-refractivity contribution is 0.0542. The van der Waals surface area contributed by atoms with Gasteiger partial charge in [-0.3, -0.25) is 0 Å². The Balaban J connectivity index is 2.54. The van der Waals surface area contributed by atoms with Gasteiger partial charge < -0.3 is 9.84 Å². The molecule has 0 fully saturated rings. The Morgan fingerprint density at radius 3 is 2.94 bits per heavy atom. The lowest BCUT2D eigenvalue weighted by Gasteiger charge is -2.03. The Labute approximate surface area is 106 Å². The average molecular weight is 253 g/mol. The number of aliphatic hydroxyl groups is 1. The number of ether oxygens (including phenoxy) is 1. The van der Waals surface area contributed by atoms with Crippen LogP contribution >= 0.6 is 0 Å². The quantitative estimate of drug-likeness (QED) is 0.426. The summed E-state index contributed by atoms with van der Waals surface area (Å²) >= 11 is 0. The van der Waals surface area contributed by atoms with Crippen molar-refractivity contribution < 1.29 is 14.6 Å². The van der Waals surface area contributed by atoms with Gasteiger partial charge in [0.05, 0.1) is 5.69 Å². The Kier molecular flexibility index (Phi) is 6.07. The number of aliphatic hydroxyl groups excluding tert-OH is 1. The minimum absolute atomic E-state index is 0.168. The van der Waals surface area contributed by atoms with Crippen LogP contribution in [0, 0.1) is 6.92 Å². The summed E-state index contributed by atoms with van der Waals surface area (Å²) in [7, 11) is 0. The van der Waals surface area contributed by atoms with Gasteiger partial charge in [-0.1, -0.05) is 17.9 Å². The van der Waals surface area contributed by atoms with E-state index in [1.54, 1.807) is 11.6 Å². The first-order valence-corrected chi connectivity index (χ1v) is 5.99. The summed E-state index contributed by atoms with van der Waals surface area (Å²) in [6, 6.07) is 0. The molecule has 0 aliphatic heterocycles. The zero-order chi connectivity index (χ0) is 13.4. The van der Waals surface area contributed by atoms with Crippen molar-refractivity contribution in [3.8, 4) is 0 Å². The first-order chi connectivity index (χ1) is 8.70. The maximum absolute atomic E-state index is 11.6. The summed E-state index contributed by atoms with van der Waals surface area (Å²) in [5, 5.41) is 16.4. The van der Waals surface area contributed by atoms with Crippen molar-refractivity contribution in [2.24, 2.45) is 0 Å². The van der Waals surface area contributed by atoms with E-state index in [1.165, 1.54) is 6.08 Å². The van der Waals surface area contributed by atoms with Crippen molar-refractivity contribution in [2.45, 2.75) is 32.7 Å². The predicted octanol–water partition coefficient (Wildman–Crippen LogP) is 1.09. The van der Waals surface area contributed by atoms with E-state index in [1.807, 2.05) is 0 Å². The number of esters is 1. The van der Waals surface area contributed by atoms with Crippen molar-refractivity contribution in [3.63, 3.8) is 0 Å². The van der Waals surface area contributed by atoms with Gasteiger partial charge in [0.2, 0.25) is 0 Å². The number of rotatable bonds is 8. The first-order valence-electron chi connectivity index (χ1n) is 5.99. The molecule has 1 heterocycles. The maximum Gasteiger partial charge on any atom is 0.361 e. The molecule has 18 heavy (non-hydrogen) atoms. The minimum atomic E-state index is -0.478. The summed E-state index contributed by atoms with van der Waals surface area (Å²) < 4.78 is 6.59. The van der Waals surface area contributed by atoms with Crippen LogP contribution in [0.1, 0.15) is 35.4 Å². The molecule has 0 aromatic carbocycles. The van der Waals surface area contributed by atoms with Crippen molar-refractivity contribution >= 4 is 5.97 Å². The van der Waals surface area contributed by atoms with E-state index in [4.69, 9.17) is 9.84 Å². The Hall–Kier alpha value is -1.69. The monoisotopic (exact) mass is 253 g/mol. The molecular weight excluding hydrogens is 234 g/mol. The zero-order valence-electron chi connectivity index (χ0n) is 10.6. The molecule has 0 saturated carbocycles. The number of nitrogens with zero attached hydrogens (tertiary/aromatic N) is 3. The minimum Gasteiger partial charge on any atom is -0.457 e. The van der Waals surface area contributed by atoms with Gasteiger partial charge in [-0.2, -0.15) is 0 Å². The van der Waals surface area contributed by atoms with Gasteiger partial charge in [0.15, 0.2) is 5.69 Å². The van der Waals surface area contributed by atoms with Crippen LogP contribution in [-0.4, -0.2) is 39.3 Å². The van der Waals surface area contributed by atoms with Crippen LogP contribution in [0.5, 0.6) is 0 Å². The van der Waals surface area contributed by atoms with Crippen LogP contribution in [0.25, 0.3) is 0 Å². The largest absolute Gasteiger partial charge is 0.457 e. The molecule has 1 rings (SSSR count). The number of carbonyl (C=O) groups is 1. The van der Waals surface area contributed by atoms with Crippen molar-refractivity contribution in [1.29, 1.82) is 0 Å². The van der Waals surface area contributed by atoms with Gasteiger partial charge in [0.1, 0.15) is 6.61 Å². The summed E-state index contributed by atoms with van der Waals surface area (Å²) in [5.74, 6) is -0.478. The van der Waals surface area contributed by atoms with Crippen LogP contribution < -0.4 is 0 Å². The summed E-state index contributed by atoms with van der Waals surface area (Å²) in [6.45, 7) is 6.32. The first kappa shape index (κ1) is 14.4. The van der Waals surface area contributed by atoms with Gasteiger partial charge in [-0.25, -0.2) is 9.48 Å². The van der Waals surface area contributed by atoms with Gasteiger partial charge in [0.25, 0.3) is 0 Å². The van der Waals surface area contributed by atoms with Gasteiger partial charge in [-0.05, 0) is 26.2 Å². The van der Waals surface area contributed by atoms with Crippen LogP contribution in [-0.2, 0) is 11.3 Å². The molecule has 0 unspecified atom stereocenters. The highest BCUT2D eigenvalue weighted by Crippen LogP contribution is 2.07. The number of unbranched alkanes of at least 4 members (excludes halogenated alkanes) is 2. The molecule has 0 aliphatic carbocycles. The molecule has 100 valence electrons. The van der Waals surface area contributed by atoms with Crippen molar-refractivity contribution in [3.05, 3.63) is 24.0 Å². The second kappa shape index (κ2) is 7.60. The third-order valence-corrected chi connectivity index (χ3v) is 2.54. The van der Waals surface area contributed by atoms with Crippen LogP contribution in [0.4, 0.5) is 0 Å². The molecule has 0 amide bonds. The second-order valence-corrected chi connectivity index (χ2v) is 3.92. The van der Waals surface area contributed by atoms with Crippen LogP contribution in [0.3, 0.4) is 0 Å². The standard InChI is InChI=1S/C12H19N3O3/c1-3-9-18-12(17)11-10(2)15(14-13-11)7-5-4-6-8-16/h3,16H,1,4-9H2,2H3. The van der Waals surface area contributed by atoms with E-state index in [-0.39, 0.29) is 18.9 Å². The Morgan fingerprint density at radius 1 is 1.50 bits per heavy atom. The fraction of sp³-hybridized carbons (Fsp3) is 0.583. The molecular formula is C12H19N3O3. The molecule has 6 heteroatoms. The topological polar surface area (TPSA) is 77.2 Å². The van der Waals surface area contributed by atoms with Crippen molar-refractivity contribution in [1.82, 2.24) is 15.0 Å². The molecule has 0 saturated heterocycles. The van der Waals surface area contributed by atoms with E-state index in [0.29, 0.717) is 12.2 Å². The SMILES string of the molecule is C=CCOC(=O)c1nnn(CCCCCO)c1C. The molecule has 0 radical (unpaired) electrons. The van der Waals surface area contributed by atoms with Gasteiger partial charge in [-0.15, -0.1) is 5.10 Å². The molecule has 0 aliphatic rings. The fourth-order valence-corrected chi connectivity index (χ4v) is 1.51. The highest BCUT2D eigenvalue weighted by Gasteiger charge is 2.17. The third-order valence-electron chi connectivity index (χ3n) is 2.54. The smallest absolute Gasteiger partial charge is 0.361 e. The number of aryl methyl sites for hydroxylation is 1. The maximum atomic E-state index is 11.6. The average Bonchev–Trinajstić information content (AvgIpc) is 2.73. The van der Waals surface area contributed by atoms with Gasteiger partial charge >= 0.3 is 5.97 Å². The Bertz CT molecular complexity index is 401. The molecule has 1 aromatic rings. The second-order valence-electron chi connectivity index (χ2n) is 3.92. The Morgan fingerprint density at radius 2 is 2.28 bits per heavy atom. The van der Waals surface area contributed by atoms with E-state index < -0.39 is 5.97 Å². The predicted molar refractivity (Wildman–Crippen MR) is 66.2 cm³/mol. The normalized spacial score (nSPS) is 10.3. The van der Waals surface area contributed by atoms with E-state index >= 15 is 0 Å². The molecule has 1 aromatic heterocycles. The number of hydrogen-bond acceptors (Lipinski definition) is 5.